The van der Waals surface area contributed by atoms with Crippen molar-refractivity contribution in [3.05, 3.63) is 54.1 Å². The smallest absolute Gasteiger partial charge is 0.225 e. The van der Waals surface area contributed by atoms with Gasteiger partial charge < -0.3 is 14.5 Å². The molecule has 4 rings (SSSR count). The van der Waals surface area contributed by atoms with Gasteiger partial charge in [0.25, 0.3) is 0 Å². The minimum atomic E-state index is -0.0798. The average Bonchev–Trinajstić information content (AvgIpc) is 3.26. The second-order valence-electron chi connectivity index (χ2n) is 8.64. The number of ether oxygens (including phenoxy) is 1. The highest BCUT2D eigenvalue weighted by Gasteiger charge is 2.31. The van der Waals surface area contributed by atoms with Gasteiger partial charge in [-0.25, -0.2) is 9.97 Å². The minimum absolute atomic E-state index is 0.0798. The van der Waals surface area contributed by atoms with Crippen molar-refractivity contribution in [1.82, 2.24) is 24.6 Å². The van der Waals surface area contributed by atoms with Crippen molar-refractivity contribution in [2.75, 3.05) is 32.6 Å². The number of piperidine rings is 1. The Labute approximate surface area is 195 Å². The number of nitrogens with zero attached hydrogens (tertiary/aromatic N) is 6. The highest BCUT2D eigenvalue weighted by atomic mass is 16.5. The third-order valence-corrected chi connectivity index (χ3v) is 6.21. The summed E-state index contributed by atoms with van der Waals surface area (Å²) in [7, 11) is 5.52. The van der Waals surface area contributed by atoms with E-state index in [1.807, 2.05) is 72.0 Å². The van der Waals surface area contributed by atoms with Gasteiger partial charge in [0.15, 0.2) is 0 Å². The number of rotatable bonds is 7. The number of aryl methyl sites for hydroxylation is 2. The van der Waals surface area contributed by atoms with Crippen molar-refractivity contribution in [1.29, 1.82) is 0 Å². The zero-order valence-corrected chi connectivity index (χ0v) is 19.9. The molecule has 1 aliphatic rings. The summed E-state index contributed by atoms with van der Waals surface area (Å²) in [4.78, 5) is 26.8. The standard InChI is InChI=1S/C25H32N6O2/c1-18-12-14-27-31(18)16-13-23(32)30-15-6-5-7-22(30)24-21(17-26-25(28-24)29(2)3)19-8-10-20(33-4)11-9-19/h8-12,14,17,22H,5-7,13,15-16H2,1-4H3/t22-/m1/s1. The molecular weight excluding hydrogens is 416 g/mol. The van der Waals surface area contributed by atoms with Crippen molar-refractivity contribution in [2.45, 2.75) is 45.2 Å². The Morgan fingerprint density at radius 2 is 1.97 bits per heavy atom. The van der Waals surface area contributed by atoms with Crippen LogP contribution in [0, 0.1) is 6.92 Å². The first kappa shape index (κ1) is 22.8. The quantitative estimate of drug-likeness (QED) is 0.546. The normalized spacial score (nSPS) is 16.0. The lowest BCUT2D eigenvalue weighted by atomic mass is 9.93. The number of aromatic nitrogens is 4. The number of hydrogen-bond acceptors (Lipinski definition) is 6. The molecule has 8 nitrogen and oxygen atoms in total. The lowest BCUT2D eigenvalue weighted by molar-refractivity contribution is -0.135. The molecule has 33 heavy (non-hydrogen) atoms. The molecule has 8 heteroatoms. The summed E-state index contributed by atoms with van der Waals surface area (Å²) < 4.78 is 7.20. The number of benzene rings is 1. The summed E-state index contributed by atoms with van der Waals surface area (Å²) in [6, 6.07) is 9.80. The van der Waals surface area contributed by atoms with E-state index >= 15 is 0 Å². The Kier molecular flexibility index (Phi) is 6.91. The Hall–Kier alpha value is -3.42. The molecule has 1 aliphatic heterocycles. The van der Waals surface area contributed by atoms with Crippen LogP contribution < -0.4 is 9.64 Å². The predicted octanol–water partition coefficient (Wildman–Crippen LogP) is 3.87. The van der Waals surface area contributed by atoms with E-state index in [0.29, 0.717) is 18.9 Å². The maximum Gasteiger partial charge on any atom is 0.225 e. The van der Waals surface area contributed by atoms with E-state index in [2.05, 4.69) is 10.1 Å². The van der Waals surface area contributed by atoms with Crippen molar-refractivity contribution < 1.29 is 9.53 Å². The van der Waals surface area contributed by atoms with Gasteiger partial charge in [-0.1, -0.05) is 12.1 Å². The molecule has 1 atom stereocenters. The molecule has 0 bridgehead atoms. The zero-order chi connectivity index (χ0) is 23.4. The largest absolute Gasteiger partial charge is 0.497 e. The summed E-state index contributed by atoms with van der Waals surface area (Å²) in [6.45, 7) is 3.33. The highest BCUT2D eigenvalue weighted by Crippen LogP contribution is 2.37. The number of likely N-dealkylation sites (tertiary alicyclic amines) is 1. The number of methoxy groups -OCH3 is 1. The van der Waals surface area contributed by atoms with Crippen LogP contribution in [0.3, 0.4) is 0 Å². The van der Waals surface area contributed by atoms with Gasteiger partial charge in [0.1, 0.15) is 5.75 Å². The minimum Gasteiger partial charge on any atom is -0.497 e. The summed E-state index contributed by atoms with van der Waals surface area (Å²) in [5.74, 6) is 1.59. The van der Waals surface area contributed by atoms with E-state index in [-0.39, 0.29) is 11.9 Å². The summed E-state index contributed by atoms with van der Waals surface area (Å²) in [6.07, 6.45) is 7.03. The molecule has 1 aromatic carbocycles. The number of hydrogen-bond donors (Lipinski definition) is 0. The molecule has 2 aromatic heterocycles. The topological polar surface area (TPSA) is 76.4 Å². The SMILES string of the molecule is COc1ccc(-c2cnc(N(C)C)nc2[C@H]2CCCCN2C(=O)CCn2nccc2C)cc1. The number of anilines is 1. The van der Waals surface area contributed by atoms with E-state index in [9.17, 15) is 4.79 Å². The molecule has 0 radical (unpaired) electrons. The molecule has 1 saturated heterocycles. The van der Waals surface area contributed by atoms with Crippen LogP contribution in [0.15, 0.2) is 42.7 Å². The van der Waals surface area contributed by atoms with Crippen LogP contribution >= 0.6 is 0 Å². The first-order chi connectivity index (χ1) is 16.0. The van der Waals surface area contributed by atoms with Crippen molar-refractivity contribution >= 4 is 11.9 Å². The van der Waals surface area contributed by atoms with E-state index in [1.165, 1.54) is 0 Å². The van der Waals surface area contributed by atoms with Gasteiger partial charge in [0.05, 0.1) is 18.8 Å². The Balaban J connectivity index is 1.66. The van der Waals surface area contributed by atoms with Crippen LogP contribution in [0.4, 0.5) is 5.95 Å². The van der Waals surface area contributed by atoms with E-state index in [0.717, 1.165) is 54.1 Å². The van der Waals surface area contributed by atoms with Gasteiger partial charge in [-0.3, -0.25) is 9.48 Å². The Morgan fingerprint density at radius 3 is 2.64 bits per heavy atom. The summed E-state index contributed by atoms with van der Waals surface area (Å²) in [5, 5.41) is 4.32. The first-order valence-corrected chi connectivity index (χ1v) is 11.4. The molecule has 1 amide bonds. The molecular formula is C25H32N6O2. The molecule has 1 fully saturated rings. The van der Waals surface area contributed by atoms with Crippen LogP contribution in [0.25, 0.3) is 11.1 Å². The van der Waals surface area contributed by atoms with Gasteiger partial charge in [-0.05, 0) is 49.9 Å². The molecule has 0 aliphatic carbocycles. The highest BCUT2D eigenvalue weighted by molar-refractivity contribution is 5.77. The molecule has 0 spiro atoms. The maximum absolute atomic E-state index is 13.4. The Bertz CT molecular complexity index is 1090. The van der Waals surface area contributed by atoms with Crippen molar-refractivity contribution in [3.8, 4) is 16.9 Å². The molecule has 0 N–H and O–H groups in total. The lowest BCUT2D eigenvalue weighted by Crippen LogP contribution is -2.39. The van der Waals surface area contributed by atoms with Crippen LogP contribution in [0.5, 0.6) is 5.75 Å². The summed E-state index contributed by atoms with van der Waals surface area (Å²) in [5.41, 5.74) is 3.94. The van der Waals surface area contributed by atoms with E-state index < -0.39 is 0 Å². The fraction of sp³-hybridized carbons (Fsp3) is 0.440. The van der Waals surface area contributed by atoms with E-state index in [4.69, 9.17) is 9.72 Å². The second-order valence-corrected chi connectivity index (χ2v) is 8.64. The van der Waals surface area contributed by atoms with Gasteiger partial charge >= 0.3 is 0 Å². The van der Waals surface area contributed by atoms with Crippen LogP contribution in [0.2, 0.25) is 0 Å². The van der Waals surface area contributed by atoms with Crippen LogP contribution in [0.1, 0.15) is 43.1 Å². The molecule has 0 unspecified atom stereocenters. The van der Waals surface area contributed by atoms with Crippen molar-refractivity contribution in [2.24, 2.45) is 0 Å². The third kappa shape index (κ3) is 4.99. The van der Waals surface area contributed by atoms with E-state index in [1.54, 1.807) is 13.3 Å². The van der Waals surface area contributed by atoms with Gasteiger partial charge in [-0.2, -0.15) is 5.10 Å². The van der Waals surface area contributed by atoms with Crippen LogP contribution in [-0.2, 0) is 11.3 Å². The number of carbonyl (C=O) groups excluding carboxylic acids is 1. The van der Waals surface area contributed by atoms with Gasteiger partial charge in [0.2, 0.25) is 11.9 Å². The molecule has 0 saturated carbocycles. The zero-order valence-electron chi connectivity index (χ0n) is 19.9. The first-order valence-electron chi connectivity index (χ1n) is 11.4. The maximum atomic E-state index is 13.4. The fourth-order valence-corrected chi connectivity index (χ4v) is 4.34. The monoisotopic (exact) mass is 448 g/mol. The average molecular weight is 449 g/mol. The predicted molar refractivity (Wildman–Crippen MR) is 128 cm³/mol. The summed E-state index contributed by atoms with van der Waals surface area (Å²) >= 11 is 0. The van der Waals surface area contributed by atoms with Crippen LogP contribution in [-0.4, -0.2) is 58.3 Å². The van der Waals surface area contributed by atoms with Gasteiger partial charge in [0, 0.05) is 57.3 Å². The van der Waals surface area contributed by atoms with Crippen molar-refractivity contribution in [3.63, 3.8) is 0 Å². The third-order valence-electron chi connectivity index (χ3n) is 6.21. The molecule has 3 aromatic rings. The lowest BCUT2D eigenvalue weighted by Gasteiger charge is -2.36. The Morgan fingerprint density at radius 1 is 1.18 bits per heavy atom. The molecule has 3 heterocycles. The van der Waals surface area contributed by atoms with Gasteiger partial charge in [-0.15, -0.1) is 0 Å². The second kappa shape index (κ2) is 10.0. The number of carbonyl (C=O) groups is 1. The molecule has 174 valence electrons. The number of amides is 1. The fourth-order valence-electron chi connectivity index (χ4n) is 4.34.